The number of benzene rings is 2. The molecule has 19 heavy (non-hydrogen) atoms. The van der Waals surface area contributed by atoms with E-state index in [9.17, 15) is 13.9 Å². The van der Waals surface area contributed by atoms with Gasteiger partial charge in [-0.25, -0.2) is 8.78 Å². The average Bonchev–Trinajstić information content (AvgIpc) is 2.37. The first-order valence-electron chi connectivity index (χ1n) is 5.67. The van der Waals surface area contributed by atoms with Crippen LogP contribution < -0.4 is 5.32 Å². The summed E-state index contributed by atoms with van der Waals surface area (Å²) in [4.78, 5) is 0. The molecule has 2 rings (SSSR count). The van der Waals surface area contributed by atoms with Crippen molar-refractivity contribution in [1.82, 2.24) is 0 Å². The van der Waals surface area contributed by atoms with Crippen molar-refractivity contribution in [3.8, 4) is 0 Å². The number of hydrogen-bond acceptors (Lipinski definition) is 2. The Bertz CT molecular complexity index is 540. The average molecular weight is 328 g/mol. The first-order valence-corrected chi connectivity index (χ1v) is 6.47. The van der Waals surface area contributed by atoms with Crippen molar-refractivity contribution in [3.63, 3.8) is 0 Å². The van der Waals surface area contributed by atoms with Crippen molar-refractivity contribution >= 4 is 21.6 Å². The van der Waals surface area contributed by atoms with Gasteiger partial charge < -0.3 is 10.4 Å². The smallest absolute Gasteiger partial charge is 0.126 e. The highest BCUT2D eigenvalue weighted by atomic mass is 79.9. The van der Waals surface area contributed by atoms with E-state index in [1.165, 1.54) is 12.1 Å². The van der Waals surface area contributed by atoms with Crippen LogP contribution in [0.15, 0.2) is 46.9 Å². The molecule has 0 aromatic heterocycles. The van der Waals surface area contributed by atoms with Crippen molar-refractivity contribution in [2.24, 2.45) is 0 Å². The van der Waals surface area contributed by atoms with Crippen molar-refractivity contribution in [2.75, 3.05) is 11.9 Å². The summed E-state index contributed by atoms with van der Waals surface area (Å²) in [5.41, 5.74) is 1.12. The van der Waals surface area contributed by atoms with Crippen LogP contribution in [0.4, 0.5) is 14.5 Å². The third-order valence-electron chi connectivity index (χ3n) is 2.65. The highest BCUT2D eigenvalue weighted by Crippen LogP contribution is 2.22. The van der Waals surface area contributed by atoms with E-state index in [1.54, 1.807) is 0 Å². The van der Waals surface area contributed by atoms with E-state index in [0.717, 1.165) is 16.2 Å². The lowest BCUT2D eigenvalue weighted by Crippen LogP contribution is -2.15. The Labute approximate surface area is 118 Å². The molecule has 5 heteroatoms. The fraction of sp³-hybridized carbons (Fsp3) is 0.143. The topological polar surface area (TPSA) is 32.3 Å². The van der Waals surface area contributed by atoms with Crippen molar-refractivity contribution < 1.29 is 13.9 Å². The molecule has 0 radical (unpaired) electrons. The number of rotatable bonds is 4. The number of nitrogens with one attached hydrogen (secondary N) is 1. The summed E-state index contributed by atoms with van der Waals surface area (Å²) >= 11 is 3.32. The molecule has 0 saturated carbocycles. The Morgan fingerprint density at radius 1 is 1.05 bits per heavy atom. The molecule has 0 heterocycles. The third-order valence-corrected chi connectivity index (χ3v) is 3.18. The molecule has 2 nitrogen and oxygen atoms in total. The minimum atomic E-state index is -0.661. The lowest BCUT2D eigenvalue weighted by atomic mass is 10.1. The van der Waals surface area contributed by atoms with Crippen LogP contribution in [-0.4, -0.2) is 11.7 Å². The minimum absolute atomic E-state index is 0.265. The Morgan fingerprint density at radius 3 is 2.16 bits per heavy atom. The second kappa shape index (κ2) is 6.12. The molecular formula is C14H12BrF2NO. The van der Waals surface area contributed by atoms with Gasteiger partial charge in [-0.2, -0.15) is 0 Å². The highest BCUT2D eigenvalue weighted by Gasteiger charge is 2.12. The molecule has 0 spiro atoms. The maximum absolute atomic E-state index is 13.2. The van der Waals surface area contributed by atoms with E-state index < -0.39 is 17.7 Å². The standard InChI is InChI=1S/C14H12BrF2NO/c15-10-1-3-13(4-2-10)18-14(8-19)9-5-11(16)7-12(17)6-9/h1-7,14,18-19H,8H2. The van der Waals surface area contributed by atoms with E-state index in [0.29, 0.717) is 5.56 Å². The number of hydrogen-bond donors (Lipinski definition) is 2. The summed E-state index contributed by atoms with van der Waals surface area (Å²) in [7, 11) is 0. The molecule has 0 aliphatic heterocycles. The normalized spacial score (nSPS) is 12.2. The Morgan fingerprint density at radius 2 is 1.63 bits per heavy atom. The van der Waals surface area contributed by atoms with Crippen molar-refractivity contribution in [2.45, 2.75) is 6.04 Å². The summed E-state index contributed by atoms with van der Waals surface area (Å²) < 4.78 is 27.2. The second-order valence-electron chi connectivity index (χ2n) is 4.09. The minimum Gasteiger partial charge on any atom is -0.394 e. The van der Waals surface area contributed by atoms with Crippen LogP contribution in [0.3, 0.4) is 0 Å². The number of aliphatic hydroxyl groups is 1. The second-order valence-corrected chi connectivity index (χ2v) is 5.00. The number of halogens is 3. The lowest BCUT2D eigenvalue weighted by molar-refractivity contribution is 0.276. The molecule has 0 bridgehead atoms. The maximum atomic E-state index is 13.2. The van der Waals surface area contributed by atoms with Gasteiger partial charge in [-0.05, 0) is 42.0 Å². The molecule has 1 unspecified atom stereocenters. The molecule has 0 fully saturated rings. The fourth-order valence-electron chi connectivity index (χ4n) is 1.76. The SMILES string of the molecule is OCC(Nc1ccc(Br)cc1)c1cc(F)cc(F)c1. The highest BCUT2D eigenvalue weighted by molar-refractivity contribution is 9.10. The van der Waals surface area contributed by atoms with E-state index in [1.807, 2.05) is 24.3 Å². The van der Waals surface area contributed by atoms with Crippen LogP contribution in [0.1, 0.15) is 11.6 Å². The van der Waals surface area contributed by atoms with E-state index >= 15 is 0 Å². The van der Waals surface area contributed by atoms with Crippen LogP contribution in [0.25, 0.3) is 0 Å². The molecule has 100 valence electrons. The van der Waals surface area contributed by atoms with Gasteiger partial charge in [-0.3, -0.25) is 0 Å². The van der Waals surface area contributed by atoms with Crippen LogP contribution in [0.2, 0.25) is 0 Å². The van der Waals surface area contributed by atoms with Gasteiger partial charge in [0, 0.05) is 16.2 Å². The van der Waals surface area contributed by atoms with Gasteiger partial charge in [-0.1, -0.05) is 15.9 Å². The molecule has 0 saturated heterocycles. The molecular weight excluding hydrogens is 316 g/mol. The zero-order chi connectivity index (χ0) is 13.8. The molecule has 0 aliphatic rings. The molecule has 2 aromatic carbocycles. The summed E-state index contributed by atoms with van der Waals surface area (Å²) in [6.07, 6.45) is 0. The van der Waals surface area contributed by atoms with Gasteiger partial charge in [0.25, 0.3) is 0 Å². The van der Waals surface area contributed by atoms with E-state index in [2.05, 4.69) is 21.2 Å². The van der Waals surface area contributed by atoms with E-state index in [-0.39, 0.29) is 6.61 Å². The summed E-state index contributed by atoms with van der Waals surface area (Å²) in [5.74, 6) is -1.32. The molecule has 1 atom stereocenters. The molecule has 0 amide bonds. The lowest BCUT2D eigenvalue weighted by Gasteiger charge is -2.18. The van der Waals surface area contributed by atoms with Crippen LogP contribution >= 0.6 is 15.9 Å². The Balaban J connectivity index is 2.22. The zero-order valence-electron chi connectivity index (χ0n) is 9.91. The van der Waals surface area contributed by atoms with Gasteiger partial charge in [0.15, 0.2) is 0 Å². The van der Waals surface area contributed by atoms with Crippen LogP contribution in [0.5, 0.6) is 0 Å². The van der Waals surface area contributed by atoms with Gasteiger partial charge in [0.05, 0.1) is 12.6 Å². The number of aliphatic hydroxyl groups excluding tert-OH is 1. The monoisotopic (exact) mass is 327 g/mol. The van der Waals surface area contributed by atoms with Crippen molar-refractivity contribution in [1.29, 1.82) is 0 Å². The quantitative estimate of drug-likeness (QED) is 0.893. The molecule has 2 aromatic rings. The van der Waals surface area contributed by atoms with Crippen LogP contribution in [0, 0.1) is 11.6 Å². The number of anilines is 1. The van der Waals surface area contributed by atoms with E-state index in [4.69, 9.17) is 0 Å². The Kier molecular flexibility index (Phi) is 4.50. The Hall–Kier alpha value is -1.46. The summed E-state index contributed by atoms with van der Waals surface area (Å²) in [5, 5.41) is 12.4. The van der Waals surface area contributed by atoms with Gasteiger partial charge in [0.1, 0.15) is 11.6 Å². The molecule has 2 N–H and O–H groups in total. The van der Waals surface area contributed by atoms with Gasteiger partial charge >= 0.3 is 0 Å². The summed E-state index contributed by atoms with van der Waals surface area (Å²) in [6.45, 7) is -0.265. The summed E-state index contributed by atoms with van der Waals surface area (Å²) in [6, 6.07) is 9.94. The van der Waals surface area contributed by atoms with Crippen LogP contribution in [-0.2, 0) is 0 Å². The predicted octanol–water partition coefficient (Wildman–Crippen LogP) is 3.87. The maximum Gasteiger partial charge on any atom is 0.126 e. The van der Waals surface area contributed by atoms with Gasteiger partial charge in [-0.15, -0.1) is 0 Å². The predicted molar refractivity (Wildman–Crippen MR) is 73.9 cm³/mol. The zero-order valence-corrected chi connectivity index (χ0v) is 11.5. The van der Waals surface area contributed by atoms with Gasteiger partial charge in [0.2, 0.25) is 0 Å². The van der Waals surface area contributed by atoms with Crippen molar-refractivity contribution in [3.05, 3.63) is 64.1 Å². The first-order chi connectivity index (χ1) is 9.08. The fourth-order valence-corrected chi connectivity index (χ4v) is 2.02. The largest absolute Gasteiger partial charge is 0.394 e. The third kappa shape index (κ3) is 3.75. The molecule has 0 aliphatic carbocycles. The first kappa shape index (κ1) is 14.0.